The monoisotopic (exact) mass is 446 g/mol. The van der Waals surface area contributed by atoms with E-state index in [0.717, 1.165) is 27.9 Å². The number of pyridine rings is 4. The van der Waals surface area contributed by atoms with Crippen LogP contribution in [0.1, 0.15) is 18.3 Å². The number of ether oxygens (including phenoxy) is 1. The lowest BCUT2D eigenvalue weighted by Gasteiger charge is -2.11. The summed E-state index contributed by atoms with van der Waals surface area (Å²) in [4.78, 5) is 37.0. The van der Waals surface area contributed by atoms with E-state index in [1.807, 2.05) is 19.9 Å². The molecule has 0 amide bonds. The Morgan fingerprint density at radius 2 is 1.91 bits per heavy atom. The predicted octanol–water partition coefficient (Wildman–Crippen LogP) is 4.46. The van der Waals surface area contributed by atoms with Gasteiger partial charge in [-0.15, -0.1) is 0 Å². The number of fused-ring (bicyclic) bond motifs is 2. The zero-order valence-corrected chi connectivity index (χ0v) is 18.4. The van der Waals surface area contributed by atoms with Gasteiger partial charge in [0.25, 0.3) is 5.56 Å². The number of H-pyrrole nitrogens is 2. The van der Waals surface area contributed by atoms with Crippen molar-refractivity contribution in [1.29, 1.82) is 0 Å². The number of imidazole rings is 1. The van der Waals surface area contributed by atoms with Crippen molar-refractivity contribution in [3.63, 3.8) is 0 Å². The van der Waals surface area contributed by atoms with E-state index in [2.05, 4.69) is 29.9 Å². The van der Waals surface area contributed by atoms with Crippen LogP contribution in [-0.2, 0) is 6.42 Å². The molecule has 0 radical (unpaired) electrons. The van der Waals surface area contributed by atoms with Crippen LogP contribution < -0.4 is 10.3 Å². The van der Waals surface area contributed by atoms with Crippen molar-refractivity contribution in [2.45, 2.75) is 20.3 Å². The van der Waals surface area contributed by atoms with E-state index in [9.17, 15) is 4.79 Å². The number of nitrogens with zero attached hydrogens (tertiary/aromatic N) is 4. The van der Waals surface area contributed by atoms with Crippen LogP contribution in [0, 0.1) is 6.92 Å². The van der Waals surface area contributed by atoms with Crippen LogP contribution in [0.2, 0.25) is 5.15 Å². The maximum Gasteiger partial charge on any atom is 0.259 e. The zero-order chi connectivity index (χ0) is 22.4. The van der Waals surface area contributed by atoms with Gasteiger partial charge in [-0.2, -0.15) is 0 Å². The first-order valence-corrected chi connectivity index (χ1v) is 10.4. The molecular formula is C23H19ClN6O2. The number of hydrogen-bond acceptors (Lipinski definition) is 6. The molecule has 0 aromatic carbocycles. The quantitative estimate of drug-likeness (QED) is 0.394. The lowest BCUT2D eigenvalue weighted by atomic mass is 10.1. The summed E-state index contributed by atoms with van der Waals surface area (Å²) in [6.45, 7) is 3.88. The highest BCUT2D eigenvalue weighted by Crippen LogP contribution is 2.33. The van der Waals surface area contributed by atoms with Crippen molar-refractivity contribution in [2.24, 2.45) is 0 Å². The first-order chi connectivity index (χ1) is 15.5. The van der Waals surface area contributed by atoms with Gasteiger partial charge in [0.2, 0.25) is 0 Å². The number of aromatic nitrogens is 6. The molecule has 0 aliphatic heterocycles. The van der Waals surface area contributed by atoms with E-state index >= 15 is 0 Å². The third kappa shape index (κ3) is 3.29. The Labute approximate surface area is 187 Å². The van der Waals surface area contributed by atoms with E-state index < -0.39 is 0 Å². The average molecular weight is 447 g/mol. The molecule has 0 bridgehead atoms. The highest BCUT2D eigenvalue weighted by molar-refractivity contribution is 6.30. The molecule has 8 nitrogen and oxygen atoms in total. The number of halogens is 1. The van der Waals surface area contributed by atoms with Crippen LogP contribution in [0.3, 0.4) is 0 Å². The summed E-state index contributed by atoms with van der Waals surface area (Å²) in [6.07, 6.45) is 4.04. The molecule has 9 heteroatoms. The second kappa shape index (κ2) is 7.72. The third-order valence-electron chi connectivity index (χ3n) is 5.35. The molecule has 160 valence electrons. The number of aryl methyl sites for hydroxylation is 2. The van der Waals surface area contributed by atoms with Gasteiger partial charge in [-0.1, -0.05) is 18.5 Å². The Balaban J connectivity index is 1.76. The van der Waals surface area contributed by atoms with Crippen LogP contribution in [0.25, 0.3) is 44.6 Å². The standard InChI is InChI=1S/C23H19ClN6O2/c1-4-15-21-17(9-19(24)27-15)28-22(30-21)13-8-12-16(29-23(13)31)5-6-25-20(12)14-10-26-11(2)7-18(14)32-3/h5-10H,4H2,1-3H3,(H,28,30)(H,29,31). The Hall–Kier alpha value is -3.78. The van der Waals surface area contributed by atoms with Crippen molar-refractivity contribution in [1.82, 2.24) is 29.9 Å². The molecule has 0 aliphatic carbocycles. The fourth-order valence-electron chi connectivity index (χ4n) is 3.82. The highest BCUT2D eigenvalue weighted by atomic mass is 35.5. The number of rotatable bonds is 4. The average Bonchev–Trinajstić information content (AvgIpc) is 3.21. The van der Waals surface area contributed by atoms with E-state index in [0.29, 0.717) is 45.4 Å². The Morgan fingerprint density at radius 3 is 2.69 bits per heavy atom. The van der Waals surface area contributed by atoms with E-state index in [4.69, 9.17) is 16.3 Å². The summed E-state index contributed by atoms with van der Waals surface area (Å²) >= 11 is 6.14. The van der Waals surface area contributed by atoms with Gasteiger partial charge in [-0.05, 0) is 25.5 Å². The summed E-state index contributed by atoms with van der Waals surface area (Å²) in [5.41, 5.74) is 5.19. The summed E-state index contributed by atoms with van der Waals surface area (Å²) in [5.74, 6) is 1.09. The van der Waals surface area contributed by atoms with Gasteiger partial charge in [0.05, 0.1) is 40.7 Å². The van der Waals surface area contributed by atoms with Gasteiger partial charge in [0.1, 0.15) is 22.2 Å². The smallest absolute Gasteiger partial charge is 0.259 e. The SMILES string of the molecule is CCc1nc(Cl)cc2[nH]c(-c3cc4c(-c5cnc(C)cc5OC)nccc4[nH]c3=O)nc12. The zero-order valence-electron chi connectivity index (χ0n) is 17.7. The van der Waals surface area contributed by atoms with Gasteiger partial charge in [-0.25, -0.2) is 9.97 Å². The maximum absolute atomic E-state index is 12.9. The largest absolute Gasteiger partial charge is 0.496 e. The normalized spacial score (nSPS) is 11.4. The summed E-state index contributed by atoms with van der Waals surface area (Å²) in [7, 11) is 1.61. The predicted molar refractivity (Wildman–Crippen MR) is 124 cm³/mol. The molecule has 0 saturated heterocycles. The minimum atomic E-state index is -0.264. The Bertz CT molecular complexity index is 1560. The van der Waals surface area contributed by atoms with E-state index in [1.54, 1.807) is 37.7 Å². The summed E-state index contributed by atoms with van der Waals surface area (Å²) in [5, 5.41) is 1.13. The molecule has 5 rings (SSSR count). The summed E-state index contributed by atoms with van der Waals surface area (Å²) in [6, 6.07) is 7.10. The van der Waals surface area contributed by atoms with Crippen molar-refractivity contribution in [3.05, 3.63) is 63.6 Å². The second-order valence-corrected chi connectivity index (χ2v) is 7.77. The van der Waals surface area contributed by atoms with Crippen molar-refractivity contribution in [2.75, 3.05) is 7.11 Å². The van der Waals surface area contributed by atoms with Crippen LogP contribution in [0.15, 0.2) is 41.5 Å². The van der Waals surface area contributed by atoms with Gasteiger partial charge in [0, 0.05) is 35.6 Å². The molecule has 32 heavy (non-hydrogen) atoms. The van der Waals surface area contributed by atoms with E-state index in [-0.39, 0.29) is 5.56 Å². The molecule has 0 saturated carbocycles. The molecule has 2 N–H and O–H groups in total. The van der Waals surface area contributed by atoms with Crippen LogP contribution in [0.5, 0.6) is 5.75 Å². The molecule has 5 aromatic rings. The molecule has 0 aliphatic rings. The molecule has 0 unspecified atom stereocenters. The van der Waals surface area contributed by atoms with Crippen molar-refractivity contribution in [3.8, 4) is 28.4 Å². The number of methoxy groups -OCH3 is 1. The number of aromatic amines is 2. The van der Waals surface area contributed by atoms with Crippen LogP contribution in [-0.4, -0.2) is 37.0 Å². The minimum absolute atomic E-state index is 0.264. The topological polar surface area (TPSA) is 109 Å². The third-order valence-corrected chi connectivity index (χ3v) is 5.54. The molecule has 0 spiro atoms. The molecule has 0 fully saturated rings. The van der Waals surface area contributed by atoms with Crippen LogP contribution in [0.4, 0.5) is 0 Å². The fourth-order valence-corrected chi connectivity index (χ4v) is 4.03. The van der Waals surface area contributed by atoms with Crippen molar-refractivity contribution < 1.29 is 4.74 Å². The maximum atomic E-state index is 12.9. The molecular weight excluding hydrogens is 428 g/mol. The highest BCUT2D eigenvalue weighted by Gasteiger charge is 2.17. The number of hydrogen-bond donors (Lipinski definition) is 2. The first-order valence-electron chi connectivity index (χ1n) is 10.1. The lowest BCUT2D eigenvalue weighted by Crippen LogP contribution is -2.10. The second-order valence-electron chi connectivity index (χ2n) is 7.39. The Kier molecular flexibility index (Phi) is 4.86. The van der Waals surface area contributed by atoms with Crippen LogP contribution >= 0.6 is 11.6 Å². The first kappa shape index (κ1) is 20.1. The minimum Gasteiger partial charge on any atom is -0.496 e. The van der Waals surface area contributed by atoms with Gasteiger partial charge < -0.3 is 14.7 Å². The number of nitrogens with one attached hydrogen (secondary N) is 2. The van der Waals surface area contributed by atoms with Gasteiger partial charge in [0.15, 0.2) is 0 Å². The molecule has 5 heterocycles. The Morgan fingerprint density at radius 1 is 1.06 bits per heavy atom. The van der Waals surface area contributed by atoms with Gasteiger partial charge in [-0.3, -0.25) is 14.8 Å². The summed E-state index contributed by atoms with van der Waals surface area (Å²) < 4.78 is 5.55. The fraction of sp³-hybridized carbons (Fsp3) is 0.174. The lowest BCUT2D eigenvalue weighted by molar-refractivity contribution is 0.415. The van der Waals surface area contributed by atoms with E-state index in [1.165, 1.54) is 0 Å². The van der Waals surface area contributed by atoms with Crippen molar-refractivity contribution >= 4 is 33.5 Å². The molecule has 5 aromatic heterocycles. The van der Waals surface area contributed by atoms with Gasteiger partial charge >= 0.3 is 0 Å². The molecule has 0 atom stereocenters.